The molecule has 3 nitrogen and oxygen atoms in total. The van der Waals surface area contributed by atoms with Crippen LogP contribution in [0.4, 0.5) is 11.4 Å². The van der Waals surface area contributed by atoms with Crippen LogP contribution in [0, 0.1) is 0 Å². The van der Waals surface area contributed by atoms with Crippen molar-refractivity contribution in [2.75, 3.05) is 25.7 Å². The molecule has 3 aromatic rings. The van der Waals surface area contributed by atoms with E-state index in [0.717, 1.165) is 24.5 Å². The molecule has 0 aromatic heterocycles. The fraction of sp³-hybridized carbons (Fsp3) is 0.200. The van der Waals surface area contributed by atoms with E-state index in [9.17, 15) is 0 Å². The standard InChI is InChI=1S/C20H19NO2/c1-22-18-12-15-9-8-14-10-11-21(16-6-4-3-5-7-16)20(14)17(15)13-19(18)23-2/h3-9,12-13H,10-11H2,1-2H3. The van der Waals surface area contributed by atoms with Gasteiger partial charge in [-0.15, -0.1) is 0 Å². The highest BCUT2D eigenvalue weighted by molar-refractivity contribution is 6.00. The van der Waals surface area contributed by atoms with E-state index in [1.807, 2.05) is 0 Å². The number of fused-ring (bicyclic) bond motifs is 3. The largest absolute Gasteiger partial charge is 0.493 e. The van der Waals surface area contributed by atoms with E-state index >= 15 is 0 Å². The van der Waals surface area contributed by atoms with Crippen molar-refractivity contribution in [2.45, 2.75) is 6.42 Å². The van der Waals surface area contributed by atoms with E-state index in [0.29, 0.717) is 0 Å². The Morgan fingerprint density at radius 1 is 0.870 bits per heavy atom. The molecule has 0 spiro atoms. The van der Waals surface area contributed by atoms with Crippen molar-refractivity contribution in [1.29, 1.82) is 0 Å². The molecule has 1 aliphatic rings. The maximum atomic E-state index is 5.50. The third kappa shape index (κ3) is 2.20. The van der Waals surface area contributed by atoms with E-state index in [1.54, 1.807) is 14.2 Å². The molecule has 23 heavy (non-hydrogen) atoms. The molecule has 0 saturated heterocycles. The summed E-state index contributed by atoms with van der Waals surface area (Å²) in [5, 5.41) is 2.38. The van der Waals surface area contributed by atoms with Crippen molar-refractivity contribution in [2.24, 2.45) is 0 Å². The van der Waals surface area contributed by atoms with Crippen LogP contribution in [0.3, 0.4) is 0 Å². The first-order chi connectivity index (χ1) is 11.3. The average Bonchev–Trinajstić information content (AvgIpc) is 3.05. The molecule has 1 aliphatic heterocycles. The Labute approximate surface area is 136 Å². The lowest BCUT2D eigenvalue weighted by atomic mass is 10.0. The Bertz CT molecular complexity index is 858. The number of para-hydroxylation sites is 1. The van der Waals surface area contributed by atoms with Gasteiger partial charge in [0.25, 0.3) is 0 Å². The van der Waals surface area contributed by atoms with Gasteiger partial charge in [0.05, 0.1) is 19.9 Å². The predicted octanol–water partition coefficient (Wildman–Crippen LogP) is 4.55. The number of benzene rings is 3. The molecular weight excluding hydrogens is 286 g/mol. The lowest BCUT2D eigenvalue weighted by Gasteiger charge is -2.22. The maximum absolute atomic E-state index is 5.50. The number of methoxy groups -OCH3 is 2. The van der Waals surface area contributed by atoms with Crippen LogP contribution in [-0.2, 0) is 6.42 Å². The van der Waals surface area contributed by atoms with Gasteiger partial charge in [0.15, 0.2) is 11.5 Å². The van der Waals surface area contributed by atoms with E-state index in [4.69, 9.17) is 9.47 Å². The van der Waals surface area contributed by atoms with Crippen molar-refractivity contribution < 1.29 is 9.47 Å². The van der Waals surface area contributed by atoms with Crippen molar-refractivity contribution in [3.8, 4) is 11.5 Å². The lowest BCUT2D eigenvalue weighted by Crippen LogP contribution is -2.13. The molecule has 3 aromatic carbocycles. The molecule has 0 fully saturated rings. The second kappa shape index (κ2) is 5.51. The molecule has 3 heteroatoms. The molecule has 0 N–H and O–H groups in total. The van der Waals surface area contributed by atoms with Crippen LogP contribution in [0.25, 0.3) is 10.8 Å². The first-order valence-corrected chi connectivity index (χ1v) is 7.82. The van der Waals surface area contributed by atoms with E-state index < -0.39 is 0 Å². The third-order valence-corrected chi connectivity index (χ3v) is 4.52. The third-order valence-electron chi connectivity index (χ3n) is 4.52. The predicted molar refractivity (Wildman–Crippen MR) is 94.2 cm³/mol. The van der Waals surface area contributed by atoms with Gasteiger partial charge < -0.3 is 14.4 Å². The monoisotopic (exact) mass is 305 g/mol. The average molecular weight is 305 g/mol. The molecular formula is C20H19NO2. The quantitative estimate of drug-likeness (QED) is 0.708. The molecule has 0 aliphatic carbocycles. The van der Waals surface area contributed by atoms with Crippen molar-refractivity contribution >= 4 is 22.1 Å². The van der Waals surface area contributed by atoms with E-state index in [-0.39, 0.29) is 0 Å². The van der Waals surface area contributed by atoms with Crippen LogP contribution in [0.5, 0.6) is 11.5 Å². The molecule has 0 unspecified atom stereocenters. The fourth-order valence-corrected chi connectivity index (χ4v) is 3.41. The lowest BCUT2D eigenvalue weighted by molar-refractivity contribution is 0.356. The van der Waals surface area contributed by atoms with Gasteiger partial charge in [-0.3, -0.25) is 0 Å². The zero-order chi connectivity index (χ0) is 15.8. The zero-order valence-corrected chi connectivity index (χ0v) is 13.4. The molecule has 116 valence electrons. The fourth-order valence-electron chi connectivity index (χ4n) is 3.41. The smallest absolute Gasteiger partial charge is 0.161 e. The molecule has 4 rings (SSSR count). The Hall–Kier alpha value is -2.68. The summed E-state index contributed by atoms with van der Waals surface area (Å²) in [6, 6.07) is 19.1. The summed E-state index contributed by atoms with van der Waals surface area (Å²) in [5.41, 5.74) is 3.90. The van der Waals surface area contributed by atoms with E-state index in [2.05, 4.69) is 59.5 Å². The molecule has 0 saturated carbocycles. The summed E-state index contributed by atoms with van der Waals surface area (Å²) in [6.45, 7) is 1.01. The Morgan fingerprint density at radius 3 is 2.35 bits per heavy atom. The van der Waals surface area contributed by atoms with Gasteiger partial charge in [-0.25, -0.2) is 0 Å². The molecule has 0 amide bonds. The highest BCUT2D eigenvalue weighted by atomic mass is 16.5. The van der Waals surface area contributed by atoms with Crippen LogP contribution >= 0.6 is 0 Å². The zero-order valence-electron chi connectivity index (χ0n) is 13.4. The highest BCUT2D eigenvalue weighted by Gasteiger charge is 2.23. The summed E-state index contributed by atoms with van der Waals surface area (Å²) < 4.78 is 10.9. The number of ether oxygens (including phenoxy) is 2. The van der Waals surface area contributed by atoms with Crippen LogP contribution in [0.2, 0.25) is 0 Å². The summed E-state index contributed by atoms with van der Waals surface area (Å²) in [5.74, 6) is 1.54. The van der Waals surface area contributed by atoms with Crippen LogP contribution < -0.4 is 14.4 Å². The van der Waals surface area contributed by atoms with Gasteiger partial charge >= 0.3 is 0 Å². The Morgan fingerprint density at radius 2 is 1.61 bits per heavy atom. The Kier molecular flexibility index (Phi) is 3.34. The van der Waals surface area contributed by atoms with E-state index in [1.165, 1.54) is 27.7 Å². The summed E-state index contributed by atoms with van der Waals surface area (Å²) in [6.07, 6.45) is 1.06. The van der Waals surface area contributed by atoms with Crippen LogP contribution in [0.15, 0.2) is 54.6 Å². The van der Waals surface area contributed by atoms with Gasteiger partial charge in [-0.1, -0.05) is 30.3 Å². The molecule has 0 radical (unpaired) electrons. The maximum Gasteiger partial charge on any atom is 0.161 e. The summed E-state index contributed by atoms with van der Waals surface area (Å²) in [4.78, 5) is 2.39. The number of hydrogen-bond acceptors (Lipinski definition) is 3. The van der Waals surface area contributed by atoms with Crippen molar-refractivity contribution in [3.63, 3.8) is 0 Å². The van der Waals surface area contributed by atoms with Gasteiger partial charge in [-0.2, -0.15) is 0 Å². The first kappa shape index (κ1) is 13.9. The van der Waals surface area contributed by atoms with Crippen LogP contribution in [-0.4, -0.2) is 20.8 Å². The first-order valence-electron chi connectivity index (χ1n) is 7.82. The number of nitrogens with zero attached hydrogens (tertiary/aromatic N) is 1. The minimum absolute atomic E-state index is 0.768. The van der Waals surface area contributed by atoms with Gasteiger partial charge in [0, 0.05) is 17.6 Å². The van der Waals surface area contributed by atoms with Crippen molar-refractivity contribution in [1.82, 2.24) is 0 Å². The minimum atomic E-state index is 0.768. The normalized spacial score (nSPS) is 13.2. The number of hydrogen-bond donors (Lipinski definition) is 0. The van der Waals surface area contributed by atoms with Crippen molar-refractivity contribution in [3.05, 3.63) is 60.2 Å². The number of anilines is 2. The van der Waals surface area contributed by atoms with Crippen LogP contribution in [0.1, 0.15) is 5.56 Å². The SMILES string of the molecule is COc1cc2ccc3c(c2cc1OC)N(c1ccccc1)CC3. The molecule has 0 bridgehead atoms. The molecule has 1 heterocycles. The summed E-state index contributed by atoms with van der Waals surface area (Å²) in [7, 11) is 3.36. The molecule has 0 atom stereocenters. The van der Waals surface area contributed by atoms with Gasteiger partial charge in [0.1, 0.15) is 0 Å². The minimum Gasteiger partial charge on any atom is -0.493 e. The van der Waals surface area contributed by atoms with Gasteiger partial charge in [0.2, 0.25) is 0 Å². The topological polar surface area (TPSA) is 21.7 Å². The Balaban J connectivity index is 1.95. The summed E-state index contributed by atoms with van der Waals surface area (Å²) >= 11 is 0. The second-order valence-corrected chi connectivity index (χ2v) is 5.74. The number of rotatable bonds is 3. The second-order valence-electron chi connectivity index (χ2n) is 5.74. The highest BCUT2D eigenvalue weighted by Crippen LogP contribution is 2.43. The van der Waals surface area contributed by atoms with Gasteiger partial charge in [-0.05, 0) is 41.6 Å².